The third kappa shape index (κ3) is 2.23. The summed E-state index contributed by atoms with van der Waals surface area (Å²) in [4.78, 5) is 11.7. The van der Waals surface area contributed by atoms with Gasteiger partial charge in [0.15, 0.2) is 0 Å². The molecule has 2 N–H and O–H groups in total. The van der Waals surface area contributed by atoms with Crippen molar-refractivity contribution in [2.75, 3.05) is 0 Å². The zero-order chi connectivity index (χ0) is 15.9. The molecular weight excluding hydrogens is 270 g/mol. The van der Waals surface area contributed by atoms with Gasteiger partial charge in [-0.05, 0) is 54.0 Å². The van der Waals surface area contributed by atoms with Crippen LogP contribution in [0.15, 0.2) is 42.5 Å². The van der Waals surface area contributed by atoms with E-state index in [0.717, 1.165) is 18.4 Å². The van der Waals surface area contributed by atoms with Crippen LogP contribution in [0.3, 0.4) is 0 Å². The maximum Gasteiger partial charge on any atom is 0.248 e. The number of hydrogen-bond acceptors (Lipinski definition) is 1. The summed E-state index contributed by atoms with van der Waals surface area (Å²) in [6.45, 7) is 6.50. The second-order valence-corrected chi connectivity index (χ2v) is 6.67. The van der Waals surface area contributed by atoms with Gasteiger partial charge in [-0.3, -0.25) is 4.79 Å². The molecule has 22 heavy (non-hydrogen) atoms. The van der Waals surface area contributed by atoms with Gasteiger partial charge in [-0.25, -0.2) is 0 Å². The van der Waals surface area contributed by atoms with Gasteiger partial charge in [-0.15, -0.1) is 0 Å². The largest absolute Gasteiger partial charge is 0.366 e. The van der Waals surface area contributed by atoms with Crippen LogP contribution in [0, 0.1) is 6.92 Å². The number of carbonyl (C=O) groups is 1. The number of amides is 1. The Morgan fingerprint density at radius 2 is 1.68 bits per heavy atom. The fourth-order valence-corrected chi connectivity index (χ4v) is 3.67. The first-order chi connectivity index (χ1) is 10.5. The minimum Gasteiger partial charge on any atom is -0.366 e. The predicted molar refractivity (Wildman–Crippen MR) is 90.2 cm³/mol. The average Bonchev–Trinajstić information content (AvgIpc) is 3.28. The molecule has 0 bridgehead atoms. The number of rotatable bonds is 4. The number of benzene rings is 2. The Kier molecular flexibility index (Phi) is 3.56. The van der Waals surface area contributed by atoms with Crippen molar-refractivity contribution in [3.63, 3.8) is 0 Å². The van der Waals surface area contributed by atoms with E-state index in [1.54, 1.807) is 0 Å². The van der Waals surface area contributed by atoms with Crippen LogP contribution in [0.2, 0.25) is 0 Å². The fraction of sp³-hybridized carbons (Fsp3) is 0.350. The maximum atomic E-state index is 11.7. The topological polar surface area (TPSA) is 43.1 Å². The molecule has 2 aromatic rings. The molecule has 2 aromatic carbocycles. The van der Waals surface area contributed by atoms with Crippen LogP contribution in [-0.2, 0) is 5.41 Å². The number of primary amides is 1. The molecule has 0 radical (unpaired) electrons. The molecule has 0 unspecified atom stereocenters. The van der Waals surface area contributed by atoms with Gasteiger partial charge in [0.05, 0.1) is 0 Å². The monoisotopic (exact) mass is 293 g/mol. The van der Waals surface area contributed by atoms with Crippen molar-refractivity contribution in [1.82, 2.24) is 0 Å². The van der Waals surface area contributed by atoms with Crippen LogP contribution >= 0.6 is 0 Å². The lowest BCUT2D eigenvalue weighted by Gasteiger charge is -2.24. The van der Waals surface area contributed by atoms with Crippen molar-refractivity contribution in [2.45, 2.75) is 44.9 Å². The van der Waals surface area contributed by atoms with E-state index >= 15 is 0 Å². The molecule has 1 amide bonds. The zero-order valence-corrected chi connectivity index (χ0v) is 13.5. The normalized spacial score (nSPS) is 15.8. The standard InChI is InChI=1S/C20H23NO/c1-13(2)15-7-4-5-9-18(15)20(11-12-20)17-10-6-8-16(14(17)3)19(21)22/h4-10,13H,11-12H2,1-3H3,(H2,21,22). The molecule has 0 atom stereocenters. The molecule has 114 valence electrons. The molecular formula is C20H23NO. The fourth-order valence-electron chi connectivity index (χ4n) is 3.67. The summed E-state index contributed by atoms with van der Waals surface area (Å²) in [6.07, 6.45) is 2.28. The molecule has 0 aliphatic heterocycles. The molecule has 0 aromatic heterocycles. The first-order valence-corrected chi connectivity index (χ1v) is 7.96. The Morgan fingerprint density at radius 1 is 1.05 bits per heavy atom. The summed E-state index contributed by atoms with van der Waals surface area (Å²) in [5, 5.41) is 0. The molecule has 0 heterocycles. The van der Waals surface area contributed by atoms with Gasteiger partial charge in [0, 0.05) is 11.0 Å². The van der Waals surface area contributed by atoms with Gasteiger partial charge in [-0.1, -0.05) is 50.2 Å². The summed E-state index contributed by atoms with van der Waals surface area (Å²) < 4.78 is 0. The minimum atomic E-state index is -0.340. The highest BCUT2D eigenvalue weighted by Gasteiger charge is 2.48. The van der Waals surface area contributed by atoms with E-state index in [1.165, 1.54) is 16.7 Å². The Bertz CT molecular complexity index is 726. The van der Waals surface area contributed by atoms with E-state index in [1.807, 2.05) is 19.1 Å². The number of hydrogen-bond donors (Lipinski definition) is 1. The van der Waals surface area contributed by atoms with E-state index in [0.29, 0.717) is 11.5 Å². The Labute approximate surface area is 132 Å². The quantitative estimate of drug-likeness (QED) is 0.897. The van der Waals surface area contributed by atoms with Gasteiger partial charge in [0.1, 0.15) is 0 Å². The highest BCUT2D eigenvalue weighted by Crippen LogP contribution is 2.56. The lowest BCUT2D eigenvalue weighted by atomic mass is 9.79. The number of carbonyl (C=O) groups excluding carboxylic acids is 1. The molecule has 1 fully saturated rings. The van der Waals surface area contributed by atoms with Gasteiger partial charge in [0.25, 0.3) is 0 Å². The smallest absolute Gasteiger partial charge is 0.248 e. The second kappa shape index (κ2) is 5.28. The first kappa shape index (κ1) is 14.8. The van der Waals surface area contributed by atoms with E-state index in [4.69, 9.17) is 5.73 Å². The Morgan fingerprint density at radius 3 is 2.27 bits per heavy atom. The van der Waals surface area contributed by atoms with Crippen molar-refractivity contribution >= 4 is 5.91 Å². The summed E-state index contributed by atoms with van der Waals surface area (Å²) in [5.74, 6) is 0.153. The van der Waals surface area contributed by atoms with Gasteiger partial charge in [0.2, 0.25) is 5.91 Å². The number of nitrogens with two attached hydrogens (primary N) is 1. The van der Waals surface area contributed by atoms with Gasteiger partial charge >= 0.3 is 0 Å². The Hall–Kier alpha value is -2.09. The molecule has 2 nitrogen and oxygen atoms in total. The van der Waals surface area contributed by atoms with Crippen LogP contribution in [0.1, 0.15) is 65.2 Å². The van der Waals surface area contributed by atoms with E-state index < -0.39 is 0 Å². The summed E-state index contributed by atoms with van der Waals surface area (Å²) >= 11 is 0. The molecule has 1 aliphatic rings. The van der Waals surface area contributed by atoms with Crippen molar-refractivity contribution in [3.8, 4) is 0 Å². The molecule has 2 heteroatoms. The van der Waals surface area contributed by atoms with Crippen molar-refractivity contribution < 1.29 is 4.79 Å². The SMILES string of the molecule is Cc1c(C(N)=O)cccc1C1(c2ccccc2C(C)C)CC1. The summed E-state index contributed by atoms with van der Waals surface area (Å²) in [7, 11) is 0. The molecule has 0 spiro atoms. The highest BCUT2D eigenvalue weighted by molar-refractivity contribution is 5.94. The van der Waals surface area contributed by atoms with Crippen LogP contribution in [0.4, 0.5) is 0 Å². The summed E-state index contributed by atoms with van der Waals surface area (Å²) in [5.41, 5.74) is 11.3. The lowest BCUT2D eigenvalue weighted by molar-refractivity contribution is 0.0999. The van der Waals surface area contributed by atoms with Gasteiger partial charge in [-0.2, -0.15) is 0 Å². The molecule has 1 aliphatic carbocycles. The highest BCUT2D eigenvalue weighted by atomic mass is 16.1. The summed E-state index contributed by atoms with van der Waals surface area (Å²) in [6, 6.07) is 14.7. The Balaban J connectivity index is 2.17. The van der Waals surface area contributed by atoms with Crippen LogP contribution in [0.25, 0.3) is 0 Å². The maximum absolute atomic E-state index is 11.7. The zero-order valence-electron chi connectivity index (χ0n) is 13.5. The van der Waals surface area contributed by atoms with Crippen molar-refractivity contribution in [2.24, 2.45) is 5.73 Å². The van der Waals surface area contributed by atoms with E-state index in [9.17, 15) is 4.79 Å². The van der Waals surface area contributed by atoms with Gasteiger partial charge < -0.3 is 5.73 Å². The van der Waals surface area contributed by atoms with Crippen molar-refractivity contribution in [1.29, 1.82) is 0 Å². The molecule has 1 saturated carbocycles. The van der Waals surface area contributed by atoms with Crippen LogP contribution < -0.4 is 5.73 Å². The third-order valence-electron chi connectivity index (χ3n) is 4.96. The second-order valence-electron chi connectivity index (χ2n) is 6.67. The predicted octanol–water partition coefficient (Wildman–Crippen LogP) is 4.30. The molecule has 0 saturated heterocycles. The van der Waals surface area contributed by atoms with E-state index in [2.05, 4.69) is 44.2 Å². The van der Waals surface area contributed by atoms with Crippen LogP contribution in [0.5, 0.6) is 0 Å². The average molecular weight is 293 g/mol. The van der Waals surface area contributed by atoms with E-state index in [-0.39, 0.29) is 11.3 Å². The first-order valence-electron chi connectivity index (χ1n) is 7.96. The third-order valence-corrected chi connectivity index (χ3v) is 4.96. The lowest BCUT2D eigenvalue weighted by Crippen LogP contribution is -2.18. The van der Waals surface area contributed by atoms with Crippen molar-refractivity contribution in [3.05, 3.63) is 70.3 Å². The van der Waals surface area contributed by atoms with Crippen LogP contribution in [-0.4, -0.2) is 5.91 Å². The minimum absolute atomic E-state index is 0.0659. The molecule has 3 rings (SSSR count).